The monoisotopic (exact) mass is 382 g/mol. The third kappa shape index (κ3) is 3.24. The minimum Gasteiger partial charge on any atom is -0.481 e. The van der Waals surface area contributed by atoms with Crippen molar-refractivity contribution in [3.05, 3.63) is 40.4 Å². The number of aliphatic carboxylic acids is 1. The first-order chi connectivity index (χ1) is 11.7. The van der Waals surface area contributed by atoms with E-state index in [1.54, 1.807) is 37.3 Å². The average Bonchev–Trinajstić information content (AvgIpc) is 2.99. The number of carbonyl (C=O) groups excluding carboxylic acids is 2. The molecule has 1 fully saturated rings. The van der Waals surface area contributed by atoms with Gasteiger partial charge in [-0.1, -0.05) is 35.4 Å². The van der Waals surface area contributed by atoms with Crippen molar-refractivity contribution in [3.63, 3.8) is 0 Å². The van der Waals surface area contributed by atoms with Crippen LogP contribution in [0.15, 0.2) is 30.4 Å². The maximum atomic E-state index is 12.6. The summed E-state index contributed by atoms with van der Waals surface area (Å²) in [6, 6.07) is 4.40. The smallest absolute Gasteiger partial charge is 0.310 e. The summed E-state index contributed by atoms with van der Waals surface area (Å²) in [6.45, 7) is 1.77. The molecule has 132 valence electrons. The Kier molecular flexibility index (Phi) is 4.51. The maximum Gasteiger partial charge on any atom is 0.310 e. The predicted octanol–water partition coefficient (Wildman–Crippen LogP) is 2.49. The molecule has 25 heavy (non-hydrogen) atoms. The van der Waals surface area contributed by atoms with Crippen molar-refractivity contribution in [2.75, 3.05) is 11.4 Å². The highest BCUT2D eigenvalue weighted by Crippen LogP contribution is 2.38. The Hall–Kier alpha value is -2.05. The van der Waals surface area contributed by atoms with Crippen LogP contribution in [0, 0.1) is 11.3 Å². The van der Waals surface area contributed by atoms with Gasteiger partial charge in [0.15, 0.2) is 0 Å². The summed E-state index contributed by atoms with van der Waals surface area (Å²) >= 11 is 11.9. The fourth-order valence-corrected chi connectivity index (χ4v) is 3.57. The number of anilines is 1. The molecule has 1 aliphatic heterocycles. The number of hydrogen-bond donors (Lipinski definition) is 2. The molecule has 0 unspecified atom stereocenters. The molecule has 2 N–H and O–H groups in total. The van der Waals surface area contributed by atoms with Crippen molar-refractivity contribution in [2.24, 2.45) is 11.3 Å². The van der Waals surface area contributed by atoms with E-state index in [2.05, 4.69) is 5.32 Å². The second-order valence-electron chi connectivity index (χ2n) is 6.50. The molecule has 3 atom stereocenters. The lowest BCUT2D eigenvalue weighted by Crippen LogP contribution is -2.67. The largest absolute Gasteiger partial charge is 0.481 e. The summed E-state index contributed by atoms with van der Waals surface area (Å²) in [7, 11) is 0. The van der Waals surface area contributed by atoms with Crippen LogP contribution < -0.4 is 10.2 Å². The fraction of sp³-hybridized carbons (Fsp3) is 0.353. The first-order valence-electron chi connectivity index (χ1n) is 7.71. The number of β-lactam (4-membered cyclic amide) rings is 1. The van der Waals surface area contributed by atoms with Gasteiger partial charge < -0.3 is 15.3 Å². The summed E-state index contributed by atoms with van der Waals surface area (Å²) in [5.74, 6) is -2.30. The molecular weight excluding hydrogens is 367 g/mol. The van der Waals surface area contributed by atoms with Gasteiger partial charge in [0.2, 0.25) is 11.8 Å². The van der Waals surface area contributed by atoms with Crippen LogP contribution in [0.2, 0.25) is 10.0 Å². The molecule has 1 aromatic carbocycles. The molecule has 0 spiro atoms. The summed E-state index contributed by atoms with van der Waals surface area (Å²) in [6.07, 6.45) is 3.50. The van der Waals surface area contributed by atoms with Crippen LogP contribution in [0.3, 0.4) is 0 Å². The van der Waals surface area contributed by atoms with Crippen molar-refractivity contribution < 1.29 is 19.5 Å². The lowest BCUT2D eigenvalue weighted by molar-refractivity contribution is -0.147. The first kappa shape index (κ1) is 17.8. The quantitative estimate of drug-likeness (QED) is 0.475. The average molecular weight is 383 g/mol. The molecule has 6 nitrogen and oxygen atoms in total. The Morgan fingerprint density at radius 1 is 1.24 bits per heavy atom. The number of amides is 2. The van der Waals surface area contributed by atoms with Gasteiger partial charge in [0.25, 0.3) is 0 Å². The van der Waals surface area contributed by atoms with E-state index in [4.69, 9.17) is 28.3 Å². The Morgan fingerprint density at radius 2 is 1.88 bits per heavy atom. The van der Waals surface area contributed by atoms with Gasteiger partial charge in [0, 0.05) is 28.3 Å². The molecule has 0 saturated carbocycles. The number of carbonyl (C=O) groups is 3. The minimum absolute atomic E-state index is 0.202. The number of nitrogens with zero attached hydrogens (tertiary/aromatic N) is 1. The van der Waals surface area contributed by atoms with Crippen molar-refractivity contribution in [2.45, 2.75) is 19.4 Å². The van der Waals surface area contributed by atoms with Crippen LogP contribution in [-0.2, 0) is 14.4 Å². The molecule has 1 saturated heterocycles. The SMILES string of the molecule is C[C@]1(C(=O)N[C@H]2C=C[C@@H](C(=O)O)C2)CN(c2cc(Cl)cc(Cl)c2)C1=O. The molecule has 1 heterocycles. The normalized spacial score (nSPS) is 28.0. The third-order valence-corrected chi connectivity index (χ3v) is 5.01. The third-order valence-electron chi connectivity index (χ3n) is 4.57. The lowest BCUT2D eigenvalue weighted by atomic mass is 9.79. The summed E-state index contributed by atoms with van der Waals surface area (Å²) in [4.78, 5) is 37.5. The van der Waals surface area contributed by atoms with E-state index in [-0.39, 0.29) is 18.5 Å². The van der Waals surface area contributed by atoms with E-state index in [0.717, 1.165) is 0 Å². The van der Waals surface area contributed by atoms with Gasteiger partial charge in [0.1, 0.15) is 5.41 Å². The highest BCUT2D eigenvalue weighted by Gasteiger charge is 2.55. The Bertz CT molecular complexity index is 775. The second kappa shape index (κ2) is 6.35. The molecule has 0 radical (unpaired) electrons. The van der Waals surface area contributed by atoms with E-state index in [1.807, 2.05) is 0 Å². The Morgan fingerprint density at radius 3 is 2.40 bits per heavy atom. The second-order valence-corrected chi connectivity index (χ2v) is 7.37. The van der Waals surface area contributed by atoms with E-state index in [1.165, 1.54) is 4.90 Å². The molecule has 3 rings (SSSR count). The van der Waals surface area contributed by atoms with Crippen molar-refractivity contribution in [3.8, 4) is 0 Å². The standard InChI is InChI=1S/C17H16Cl2N2O4/c1-17(15(24)20-12-3-2-9(4-12)14(22)23)8-21(16(17)25)13-6-10(18)5-11(19)7-13/h2-3,5-7,9,12H,4,8H2,1H3,(H,20,24)(H,22,23)/t9-,12+,17-/m1/s1. The zero-order valence-electron chi connectivity index (χ0n) is 13.3. The zero-order valence-corrected chi connectivity index (χ0v) is 14.8. The van der Waals surface area contributed by atoms with Gasteiger partial charge in [-0.15, -0.1) is 0 Å². The van der Waals surface area contributed by atoms with Crippen molar-refractivity contribution in [1.29, 1.82) is 0 Å². The Labute approximate surface area is 154 Å². The van der Waals surface area contributed by atoms with Gasteiger partial charge in [-0.05, 0) is 31.5 Å². The topological polar surface area (TPSA) is 86.7 Å². The lowest BCUT2D eigenvalue weighted by Gasteiger charge is -2.45. The summed E-state index contributed by atoms with van der Waals surface area (Å²) < 4.78 is 0. The molecule has 1 aliphatic carbocycles. The number of benzene rings is 1. The van der Waals surface area contributed by atoms with Gasteiger partial charge in [-0.2, -0.15) is 0 Å². The van der Waals surface area contributed by atoms with Gasteiger partial charge in [-0.25, -0.2) is 0 Å². The molecule has 2 amide bonds. The van der Waals surface area contributed by atoms with Gasteiger partial charge in [-0.3, -0.25) is 14.4 Å². The molecule has 0 bridgehead atoms. The van der Waals surface area contributed by atoms with E-state index in [0.29, 0.717) is 22.2 Å². The van der Waals surface area contributed by atoms with Gasteiger partial charge >= 0.3 is 5.97 Å². The number of carboxylic acid groups (broad SMARTS) is 1. The minimum atomic E-state index is -1.19. The van der Waals surface area contributed by atoms with Crippen LogP contribution in [0.25, 0.3) is 0 Å². The summed E-state index contributed by atoms with van der Waals surface area (Å²) in [5.41, 5.74) is -0.649. The highest BCUT2D eigenvalue weighted by molar-refractivity contribution is 6.35. The fourth-order valence-electron chi connectivity index (χ4n) is 3.05. The van der Waals surface area contributed by atoms with E-state index < -0.39 is 23.2 Å². The first-order valence-corrected chi connectivity index (χ1v) is 8.46. The molecule has 2 aliphatic rings. The predicted molar refractivity (Wildman–Crippen MR) is 93.7 cm³/mol. The number of rotatable bonds is 4. The molecule has 1 aromatic rings. The van der Waals surface area contributed by atoms with Crippen LogP contribution in [0.5, 0.6) is 0 Å². The molecular formula is C17H16Cl2N2O4. The molecule has 8 heteroatoms. The van der Waals surface area contributed by atoms with Gasteiger partial charge in [0.05, 0.1) is 5.92 Å². The summed E-state index contributed by atoms with van der Waals surface area (Å²) in [5, 5.41) is 12.5. The number of hydrogen-bond acceptors (Lipinski definition) is 3. The van der Waals surface area contributed by atoms with Crippen LogP contribution in [0.4, 0.5) is 5.69 Å². The number of halogens is 2. The van der Waals surface area contributed by atoms with Crippen LogP contribution in [-0.4, -0.2) is 35.5 Å². The van der Waals surface area contributed by atoms with Crippen LogP contribution >= 0.6 is 23.2 Å². The Balaban J connectivity index is 1.66. The maximum absolute atomic E-state index is 12.6. The van der Waals surface area contributed by atoms with Crippen molar-refractivity contribution in [1.82, 2.24) is 5.32 Å². The highest BCUT2D eigenvalue weighted by atomic mass is 35.5. The van der Waals surface area contributed by atoms with E-state index >= 15 is 0 Å². The van der Waals surface area contributed by atoms with Crippen LogP contribution in [0.1, 0.15) is 13.3 Å². The molecule has 0 aromatic heterocycles. The van der Waals surface area contributed by atoms with E-state index in [9.17, 15) is 14.4 Å². The number of nitrogens with one attached hydrogen (secondary N) is 1. The van der Waals surface area contributed by atoms with Crippen molar-refractivity contribution >= 4 is 46.7 Å². The number of carboxylic acids is 1. The zero-order chi connectivity index (χ0) is 18.4.